The quantitative estimate of drug-likeness (QED) is 0.399. The van der Waals surface area contributed by atoms with Crippen LogP contribution in [0, 0.1) is 24.7 Å². The molecule has 0 spiro atoms. The normalized spacial score (nSPS) is 14.7. The van der Waals surface area contributed by atoms with Gasteiger partial charge in [-0.2, -0.15) is 0 Å². The highest BCUT2D eigenvalue weighted by molar-refractivity contribution is 7.98. The van der Waals surface area contributed by atoms with Crippen molar-refractivity contribution in [3.63, 3.8) is 0 Å². The Hall–Kier alpha value is -1.01. The Balaban J connectivity index is 2.22. The van der Waals surface area contributed by atoms with Crippen molar-refractivity contribution >= 4 is 11.8 Å². The summed E-state index contributed by atoms with van der Waals surface area (Å²) >= 11 is 1.56. The third-order valence-electron chi connectivity index (χ3n) is 2.13. The second-order valence-electron chi connectivity index (χ2n) is 3.40. The molecule has 1 aromatic heterocycles. The molecule has 0 atom stereocenters. The van der Waals surface area contributed by atoms with E-state index < -0.39 is 0 Å². The number of rotatable bonds is 1. The largest absolute Gasteiger partial charge is 0.230 e. The second kappa shape index (κ2) is 4.02. The number of hydrogen-bond donors (Lipinski definition) is 0. The van der Waals surface area contributed by atoms with Crippen LogP contribution in [0.4, 0.5) is 0 Å². The first-order valence-corrected chi connectivity index (χ1v) is 5.91. The van der Waals surface area contributed by atoms with Crippen LogP contribution in [-0.2, 0) is 0 Å². The molecule has 1 aliphatic carbocycles. The van der Waals surface area contributed by atoms with Gasteiger partial charge >= 0.3 is 0 Å². The summed E-state index contributed by atoms with van der Waals surface area (Å²) in [5.74, 6) is 6.99. The zero-order valence-corrected chi connectivity index (χ0v) is 9.19. The molecule has 1 aromatic rings. The monoisotopic (exact) mass is 204 g/mol. The van der Waals surface area contributed by atoms with E-state index >= 15 is 0 Å². The van der Waals surface area contributed by atoms with Crippen LogP contribution in [-0.4, -0.2) is 16.2 Å². The fourth-order valence-electron chi connectivity index (χ4n) is 1.07. The van der Waals surface area contributed by atoms with Crippen LogP contribution in [0.1, 0.15) is 24.1 Å². The van der Waals surface area contributed by atoms with Crippen molar-refractivity contribution in [2.75, 3.05) is 6.26 Å². The molecule has 1 heterocycles. The minimum absolute atomic E-state index is 0.634. The van der Waals surface area contributed by atoms with Crippen LogP contribution in [0.2, 0.25) is 0 Å². The minimum Gasteiger partial charge on any atom is -0.230 e. The maximum atomic E-state index is 4.34. The van der Waals surface area contributed by atoms with Crippen LogP contribution in [0.25, 0.3) is 0 Å². The number of aromatic nitrogens is 2. The van der Waals surface area contributed by atoms with Gasteiger partial charge in [0.05, 0.1) is 11.3 Å². The predicted molar refractivity (Wildman–Crippen MR) is 58.2 cm³/mol. The Labute approximate surface area is 88.5 Å². The Kier molecular flexibility index (Phi) is 2.74. The van der Waals surface area contributed by atoms with E-state index in [2.05, 4.69) is 21.8 Å². The molecule has 2 rings (SSSR count). The van der Waals surface area contributed by atoms with Crippen molar-refractivity contribution in [3.05, 3.63) is 17.5 Å². The lowest BCUT2D eigenvalue weighted by Gasteiger charge is -1.98. The molecule has 0 unspecified atom stereocenters. The summed E-state index contributed by atoms with van der Waals surface area (Å²) in [6.45, 7) is 1.98. The van der Waals surface area contributed by atoms with Gasteiger partial charge in [0.25, 0.3) is 0 Å². The van der Waals surface area contributed by atoms with Gasteiger partial charge in [-0.05, 0) is 26.0 Å². The Morgan fingerprint density at radius 3 is 2.86 bits per heavy atom. The molecule has 3 heteroatoms. The maximum Gasteiger partial charge on any atom is 0.187 e. The fraction of sp³-hybridized carbons (Fsp3) is 0.455. The summed E-state index contributed by atoms with van der Waals surface area (Å²) in [4.78, 5) is 8.55. The first kappa shape index (κ1) is 9.54. The van der Waals surface area contributed by atoms with Gasteiger partial charge in [-0.1, -0.05) is 23.6 Å². The van der Waals surface area contributed by atoms with Gasteiger partial charge in [0.1, 0.15) is 0 Å². The van der Waals surface area contributed by atoms with Gasteiger partial charge in [0, 0.05) is 12.1 Å². The smallest absolute Gasteiger partial charge is 0.187 e. The van der Waals surface area contributed by atoms with Gasteiger partial charge in [-0.25, -0.2) is 9.97 Å². The maximum absolute atomic E-state index is 4.34. The summed E-state index contributed by atoms with van der Waals surface area (Å²) < 4.78 is 0. The summed E-state index contributed by atoms with van der Waals surface area (Å²) in [5.41, 5.74) is 1.95. The molecule has 0 saturated heterocycles. The van der Waals surface area contributed by atoms with E-state index in [1.807, 2.05) is 19.4 Å². The lowest BCUT2D eigenvalue weighted by molar-refractivity contribution is 0.928. The lowest BCUT2D eigenvalue weighted by Crippen LogP contribution is -1.93. The summed E-state index contributed by atoms with van der Waals surface area (Å²) in [7, 11) is 0. The van der Waals surface area contributed by atoms with Crippen molar-refractivity contribution < 1.29 is 0 Å². The molecule has 1 fully saturated rings. The van der Waals surface area contributed by atoms with Gasteiger partial charge < -0.3 is 0 Å². The minimum atomic E-state index is 0.634. The van der Waals surface area contributed by atoms with Gasteiger partial charge in [0.15, 0.2) is 5.16 Å². The lowest BCUT2D eigenvalue weighted by atomic mass is 10.2. The molecule has 0 aliphatic heterocycles. The van der Waals surface area contributed by atoms with Crippen molar-refractivity contribution in [1.29, 1.82) is 0 Å². The third kappa shape index (κ3) is 2.27. The van der Waals surface area contributed by atoms with Crippen LogP contribution in [0.5, 0.6) is 0 Å². The highest BCUT2D eigenvalue weighted by Crippen LogP contribution is 2.27. The van der Waals surface area contributed by atoms with Gasteiger partial charge in [-0.15, -0.1) is 0 Å². The predicted octanol–water partition coefficient (Wildman–Crippen LogP) is 2.27. The summed E-state index contributed by atoms with van der Waals surface area (Å²) in [6, 6.07) is 0. The molecule has 14 heavy (non-hydrogen) atoms. The Morgan fingerprint density at radius 2 is 2.29 bits per heavy atom. The highest BCUT2D eigenvalue weighted by Gasteiger charge is 2.17. The van der Waals surface area contributed by atoms with Crippen LogP contribution < -0.4 is 0 Å². The van der Waals surface area contributed by atoms with E-state index in [-0.39, 0.29) is 0 Å². The zero-order chi connectivity index (χ0) is 9.97. The fourth-order valence-corrected chi connectivity index (χ4v) is 1.46. The SMILES string of the molecule is CSc1ncc(C#CC2CC2)c(C)n1. The molecule has 0 N–H and O–H groups in total. The van der Waals surface area contributed by atoms with Gasteiger partial charge in [0.2, 0.25) is 0 Å². The molecule has 0 bridgehead atoms. The van der Waals surface area contributed by atoms with E-state index in [0.717, 1.165) is 16.4 Å². The van der Waals surface area contributed by atoms with Crippen LogP contribution >= 0.6 is 11.8 Å². The van der Waals surface area contributed by atoms with Crippen molar-refractivity contribution in [2.45, 2.75) is 24.9 Å². The standard InChI is InChI=1S/C11H12N2S/c1-8-10(6-5-9-3-4-9)7-12-11(13-8)14-2/h7,9H,3-4H2,1-2H3. The number of aryl methyl sites for hydroxylation is 1. The first-order valence-electron chi connectivity index (χ1n) is 4.69. The Morgan fingerprint density at radius 1 is 1.50 bits per heavy atom. The molecule has 1 saturated carbocycles. The first-order chi connectivity index (χ1) is 6.79. The molecular formula is C11H12N2S. The third-order valence-corrected chi connectivity index (χ3v) is 2.69. The van der Waals surface area contributed by atoms with Crippen molar-refractivity contribution in [3.8, 4) is 11.8 Å². The highest BCUT2D eigenvalue weighted by atomic mass is 32.2. The molecule has 0 radical (unpaired) electrons. The number of thioether (sulfide) groups is 1. The van der Waals surface area contributed by atoms with Crippen molar-refractivity contribution in [1.82, 2.24) is 9.97 Å². The van der Waals surface area contributed by atoms with E-state index in [9.17, 15) is 0 Å². The number of hydrogen-bond acceptors (Lipinski definition) is 3. The van der Waals surface area contributed by atoms with Gasteiger partial charge in [-0.3, -0.25) is 0 Å². The molecule has 72 valence electrons. The number of nitrogens with zero attached hydrogens (tertiary/aromatic N) is 2. The summed E-state index contributed by atoms with van der Waals surface area (Å²) in [6.07, 6.45) is 6.32. The molecule has 2 nitrogen and oxygen atoms in total. The summed E-state index contributed by atoms with van der Waals surface area (Å²) in [5, 5.41) is 0.819. The zero-order valence-electron chi connectivity index (χ0n) is 8.37. The van der Waals surface area contributed by atoms with E-state index in [0.29, 0.717) is 5.92 Å². The average molecular weight is 204 g/mol. The molecular weight excluding hydrogens is 192 g/mol. The van der Waals surface area contributed by atoms with Crippen LogP contribution in [0.3, 0.4) is 0 Å². The topological polar surface area (TPSA) is 25.8 Å². The second-order valence-corrected chi connectivity index (χ2v) is 4.17. The molecule has 1 aliphatic rings. The van der Waals surface area contributed by atoms with Crippen molar-refractivity contribution in [2.24, 2.45) is 5.92 Å². The molecule has 0 amide bonds. The van der Waals surface area contributed by atoms with E-state index in [1.165, 1.54) is 12.8 Å². The molecule has 0 aromatic carbocycles. The van der Waals surface area contributed by atoms with Crippen LogP contribution in [0.15, 0.2) is 11.4 Å². The average Bonchev–Trinajstić information content (AvgIpc) is 2.99. The Bertz CT molecular complexity index is 399. The van der Waals surface area contributed by atoms with E-state index in [1.54, 1.807) is 11.8 Å². The van der Waals surface area contributed by atoms with E-state index in [4.69, 9.17) is 0 Å².